The highest BCUT2D eigenvalue weighted by Gasteiger charge is 2.36. The van der Waals surface area contributed by atoms with Crippen LogP contribution in [-0.4, -0.2) is 44.2 Å². The molecular weight excluding hydrogens is 518 g/mol. The van der Waals surface area contributed by atoms with Gasteiger partial charge >= 0.3 is 5.97 Å². The molecule has 0 aliphatic carbocycles. The van der Waals surface area contributed by atoms with E-state index in [1.807, 2.05) is 37.3 Å². The van der Waals surface area contributed by atoms with Gasteiger partial charge in [0.2, 0.25) is 10.0 Å². The molecule has 0 amide bonds. The number of benzene rings is 2. The van der Waals surface area contributed by atoms with Crippen LogP contribution in [0.2, 0.25) is 0 Å². The average molecular weight is 546 g/mol. The molecule has 1 aliphatic rings. The van der Waals surface area contributed by atoms with Gasteiger partial charge in [-0.1, -0.05) is 46.3 Å². The molecule has 3 rings (SSSR count). The summed E-state index contributed by atoms with van der Waals surface area (Å²) in [6.45, 7) is 7.08. The van der Waals surface area contributed by atoms with E-state index < -0.39 is 15.9 Å². The Morgan fingerprint density at radius 3 is 2.15 bits per heavy atom. The summed E-state index contributed by atoms with van der Waals surface area (Å²) in [5.41, 5.74) is 3.32. The number of carbonyl (C=O) groups is 2. The van der Waals surface area contributed by atoms with Crippen molar-refractivity contribution in [2.75, 3.05) is 19.7 Å². The molecule has 0 unspecified atom stereocenters. The Bertz CT molecular complexity index is 1250. The lowest BCUT2D eigenvalue weighted by molar-refractivity contribution is -0.145. The highest BCUT2D eigenvalue weighted by molar-refractivity contribution is 9.10. The third kappa shape index (κ3) is 5.40. The van der Waals surface area contributed by atoms with Gasteiger partial charge in [-0.3, -0.25) is 9.59 Å². The van der Waals surface area contributed by atoms with Crippen LogP contribution in [0, 0.1) is 5.92 Å². The Balaban J connectivity index is 2.10. The Kier molecular flexibility index (Phi) is 8.28. The summed E-state index contributed by atoms with van der Waals surface area (Å²) in [5, 5.41) is 0. The van der Waals surface area contributed by atoms with E-state index in [2.05, 4.69) is 15.9 Å². The molecule has 6 nitrogen and oxygen atoms in total. The number of Topliss-reactive ketones (excluding diaryl/α,β-unsaturated/α-hetero) is 1. The SMILES string of the molecule is CCOC(=O)[C@@H](C)/C(=C(\C)C1=C(C(C)=O)CN(S(=O)(=O)c2ccc(Br)cc2)C1)c1ccccc1. The highest BCUT2D eigenvalue weighted by atomic mass is 79.9. The minimum Gasteiger partial charge on any atom is -0.466 e. The second kappa shape index (κ2) is 10.8. The number of hydrogen-bond acceptors (Lipinski definition) is 5. The zero-order chi connectivity index (χ0) is 25.0. The van der Waals surface area contributed by atoms with Crippen LogP contribution in [0.1, 0.15) is 33.3 Å². The highest BCUT2D eigenvalue weighted by Crippen LogP contribution is 2.36. The topological polar surface area (TPSA) is 80.8 Å². The first-order valence-electron chi connectivity index (χ1n) is 11.0. The molecule has 0 radical (unpaired) electrons. The summed E-state index contributed by atoms with van der Waals surface area (Å²) in [4.78, 5) is 25.4. The number of halogens is 1. The first-order chi connectivity index (χ1) is 16.1. The summed E-state index contributed by atoms with van der Waals surface area (Å²) in [5.74, 6) is -1.16. The molecule has 1 atom stereocenters. The maximum Gasteiger partial charge on any atom is 0.313 e. The predicted molar refractivity (Wildman–Crippen MR) is 135 cm³/mol. The molecule has 0 N–H and O–H groups in total. The molecule has 0 spiro atoms. The molecule has 1 aliphatic heterocycles. The number of nitrogens with zero attached hydrogens (tertiary/aromatic N) is 1. The van der Waals surface area contributed by atoms with Crippen LogP contribution >= 0.6 is 15.9 Å². The third-order valence-corrected chi connectivity index (χ3v) is 8.26. The third-order valence-electron chi connectivity index (χ3n) is 5.92. The monoisotopic (exact) mass is 545 g/mol. The zero-order valence-corrected chi connectivity index (χ0v) is 22.1. The normalized spacial score (nSPS) is 16.3. The summed E-state index contributed by atoms with van der Waals surface area (Å²) in [6.07, 6.45) is 0. The van der Waals surface area contributed by atoms with Crippen LogP contribution in [0.3, 0.4) is 0 Å². The molecule has 2 aromatic rings. The molecule has 180 valence electrons. The van der Waals surface area contributed by atoms with Gasteiger partial charge in [-0.15, -0.1) is 0 Å². The maximum absolute atomic E-state index is 13.3. The largest absolute Gasteiger partial charge is 0.466 e. The van der Waals surface area contributed by atoms with E-state index in [0.29, 0.717) is 16.7 Å². The lowest BCUT2D eigenvalue weighted by Gasteiger charge is -2.21. The lowest BCUT2D eigenvalue weighted by Crippen LogP contribution is -2.30. The minimum atomic E-state index is -3.82. The van der Waals surface area contributed by atoms with Gasteiger partial charge in [-0.05, 0) is 74.2 Å². The fraction of sp³-hybridized carbons (Fsp3) is 0.308. The van der Waals surface area contributed by atoms with Crippen LogP contribution in [0.25, 0.3) is 5.57 Å². The van der Waals surface area contributed by atoms with E-state index in [4.69, 9.17) is 4.74 Å². The van der Waals surface area contributed by atoms with Gasteiger partial charge in [-0.2, -0.15) is 4.31 Å². The fourth-order valence-corrected chi connectivity index (χ4v) is 5.79. The van der Waals surface area contributed by atoms with Crippen molar-refractivity contribution in [2.24, 2.45) is 5.92 Å². The standard InChI is InChI=1S/C26H28BrNO5S/c1-5-33-26(30)18(3)25(20-9-7-6-8-10-20)17(2)23-15-28(16-24(23)19(4)29)34(31,32)22-13-11-21(27)12-14-22/h6-14,18H,5,15-16H2,1-4H3/b25-17-/t18-/m0/s1. The molecule has 0 saturated heterocycles. The van der Waals surface area contributed by atoms with Crippen molar-refractivity contribution in [1.82, 2.24) is 4.31 Å². The zero-order valence-electron chi connectivity index (χ0n) is 19.7. The molecule has 8 heteroatoms. The van der Waals surface area contributed by atoms with Crippen LogP contribution < -0.4 is 0 Å². The van der Waals surface area contributed by atoms with Crippen molar-refractivity contribution in [1.29, 1.82) is 0 Å². The van der Waals surface area contributed by atoms with Gasteiger partial charge in [-0.25, -0.2) is 8.42 Å². The second-order valence-electron chi connectivity index (χ2n) is 8.12. The summed E-state index contributed by atoms with van der Waals surface area (Å²) < 4.78 is 34.0. The number of ether oxygens (including phenoxy) is 1. The van der Waals surface area contributed by atoms with Crippen molar-refractivity contribution in [3.05, 3.63) is 81.4 Å². The Morgan fingerprint density at radius 2 is 1.59 bits per heavy atom. The van der Waals surface area contributed by atoms with Gasteiger partial charge in [0, 0.05) is 23.1 Å². The molecule has 34 heavy (non-hydrogen) atoms. The van der Waals surface area contributed by atoms with Gasteiger partial charge in [0.15, 0.2) is 5.78 Å². The van der Waals surface area contributed by atoms with Crippen molar-refractivity contribution < 1.29 is 22.7 Å². The average Bonchev–Trinajstić information content (AvgIpc) is 3.27. The van der Waals surface area contributed by atoms with Crippen LogP contribution in [0.4, 0.5) is 0 Å². The first kappa shape index (κ1) is 26.1. The van der Waals surface area contributed by atoms with Crippen LogP contribution in [0.15, 0.2) is 80.7 Å². The summed E-state index contributed by atoms with van der Waals surface area (Å²) >= 11 is 3.32. The van der Waals surface area contributed by atoms with Crippen LogP contribution in [0.5, 0.6) is 0 Å². The first-order valence-corrected chi connectivity index (χ1v) is 13.2. The Labute approximate surface area is 209 Å². The number of carbonyl (C=O) groups excluding carboxylic acids is 2. The van der Waals surface area contributed by atoms with Crippen molar-refractivity contribution in [3.8, 4) is 0 Å². The number of rotatable bonds is 8. The van der Waals surface area contributed by atoms with Crippen LogP contribution in [-0.2, 0) is 24.3 Å². The van der Waals surface area contributed by atoms with Gasteiger partial charge in [0.1, 0.15) is 0 Å². The van der Waals surface area contributed by atoms with Gasteiger partial charge in [0.25, 0.3) is 0 Å². The molecule has 1 heterocycles. The van der Waals surface area contributed by atoms with Crippen molar-refractivity contribution >= 4 is 43.3 Å². The number of hydrogen-bond donors (Lipinski definition) is 0. The summed E-state index contributed by atoms with van der Waals surface area (Å²) in [7, 11) is -3.82. The molecule has 0 aromatic heterocycles. The van der Waals surface area contributed by atoms with E-state index in [0.717, 1.165) is 15.6 Å². The molecule has 2 aromatic carbocycles. The summed E-state index contributed by atoms with van der Waals surface area (Å²) in [6, 6.07) is 15.8. The van der Waals surface area contributed by atoms with E-state index in [9.17, 15) is 18.0 Å². The van der Waals surface area contributed by atoms with E-state index >= 15 is 0 Å². The number of sulfonamides is 1. The fourth-order valence-electron chi connectivity index (χ4n) is 4.15. The Hall–Kier alpha value is -2.55. The van der Waals surface area contributed by atoms with E-state index in [1.54, 1.807) is 26.0 Å². The predicted octanol–water partition coefficient (Wildman–Crippen LogP) is 5.01. The molecular formula is C26H28BrNO5S. The van der Waals surface area contributed by atoms with E-state index in [1.165, 1.54) is 23.4 Å². The lowest BCUT2D eigenvalue weighted by atomic mass is 9.86. The van der Waals surface area contributed by atoms with E-state index in [-0.39, 0.29) is 36.3 Å². The molecule has 0 saturated carbocycles. The maximum atomic E-state index is 13.3. The minimum absolute atomic E-state index is 0.0176. The molecule has 0 fully saturated rings. The van der Waals surface area contributed by atoms with Gasteiger partial charge in [0.05, 0.1) is 17.4 Å². The smallest absolute Gasteiger partial charge is 0.313 e. The quantitative estimate of drug-likeness (QED) is 0.435. The van der Waals surface area contributed by atoms with Crippen molar-refractivity contribution in [2.45, 2.75) is 32.6 Å². The molecule has 0 bridgehead atoms. The number of esters is 1. The Morgan fingerprint density at radius 1 is 1.00 bits per heavy atom. The second-order valence-corrected chi connectivity index (χ2v) is 11.0. The van der Waals surface area contributed by atoms with Crippen molar-refractivity contribution in [3.63, 3.8) is 0 Å². The number of ketones is 1. The van der Waals surface area contributed by atoms with Gasteiger partial charge < -0.3 is 4.74 Å².